The van der Waals surface area contributed by atoms with Crippen LogP contribution in [0.2, 0.25) is 0 Å². The minimum absolute atomic E-state index is 0.0314. The largest absolute Gasteiger partial charge is 0.310 e. The molecule has 75 heavy (non-hydrogen) atoms. The number of nitrogens with zero attached hydrogens (tertiary/aromatic N) is 2. The lowest BCUT2D eigenvalue weighted by atomic mass is 9.65. The van der Waals surface area contributed by atoms with Crippen LogP contribution in [-0.4, -0.2) is 0 Å². The first-order chi connectivity index (χ1) is 36.8. The van der Waals surface area contributed by atoms with Crippen molar-refractivity contribution >= 4 is 55.7 Å². The zero-order valence-electron chi connectivity index (χ0n) is 42.8. The number of hydrogen-bond acceptors (Lipinski definition) is 2. The topological polar surface area (TPSA) is 6.48 Å². The summed E-state index contributed by atoms with van der Waals surface area (Å²) < 4.78 is 0. The molecule has 13 rings (SSSR count). The van der Waals surface area contributed by atoms with Crippen LogP contribution >= 0.6 is 0 Å². The Balaban J connectivity index is 1.19. The molecule has 0 atom stereocenters. The van der Waals surface area contributed by atoms with Gasteiger partial charge in [0.1, 0.15) is 0 Å². The highest BCUT2D eigenvalue weighted by molar-refractivity contribution is 6.33. The second-order valence-corrected chi connectivity index (χ2v) is 20.9. The van der Waals surface area contributed by atoms with Crippen LogP contribution in [-0.2, 0) is 5.41 Å². The molecule has 2 heteroatoms. The van der Waals surface area contributed by atoms with Gasteiger partial charge in [0.05, 0.1) is 0 Å². The van der Waals surface area contributed by atoms with Gasteiger partial charge in [-0.1, -0.05) is 221 Å². The van der Waals surface area contributed by atoms with E-state index >= 15 is 0 Å². The Morgan fingerprint density at radius 3 is 0.907 bits per heavy atom. The molecule has 358 valence electrons. The molecule has 2 nitrogen and oxygen atoms in total. The minimum Gasteiger partial charge on any atom is -0.310 e. The van der Waals surface area contributed by atoms with E-state index < -0.39 is 0 Å². The van der Waals surface area contributed by atoms with Crippen LogP contribution in [0.4, 0.5) is 34.1 Å². The number of benzene rings is 12. The predicted octanol–water partition coefficient (Wildman–Crippen LogP) is 20.9. The molecule has 0 radical (unpaired) electrons. The van der Waals surface area contributed by atoms with Crippen molar-refractivity contribution in [2.75, 3.05) is 9.80 Å². The summed E-state index contributed by atoms with van der Waals surface area (Å²) in [5, 5.41) is 4.85. The number of hydrogen-bond donors (Lipinski definition) is 0. The highest BCUT2D eigenvalue weighted by Gasteiger charge is 2.39. The third-order valence-electron chi connectivity index (χ3n) is 15.2. The van der Waals surface area contributed by atoms with Crippen molar-refractivity contribution in [3.05, 3.63) is 278 Å². The Kier molecular flexibility index (Phi) is 11.4. The lowest BCUT2D eigenvalue weighted by Crippen LogP contribution is -2.15. The van der Waals surface area contributed by atoms with Gasteiger partial charge >= 0.3 is 0 Å². The van der Waals surface area contributed by atoms with Crippen molar-refractivity contribution in [1.29, 1.82) is 0 Å². The maximum atomic E-state index is 2.48. The molecule has 0 aliphatic heterocycles. The third kappa shape index (κ3) is 7.89. The summed E-state index contributed by atoms with van der Waals surface area (Å²) in [5.41, 5.74) is 24.1. The predicted molar refractivity (Wildman–Crippen MR) is 320 cm³/mol. The van der Waals surface area contributed by atoms with Crippen molar-refractivity contribution in [1.82, 2.24) is 0 Å². The van der Waals surface area contributed by atoms with Gasteiger partial charge in [-0.3, -0.25) is 0 Å². The smallest absolute Gasteiger partial charge is 0.0493 e. The SMILES string of the molecule is Cc1ccc(C(C)(C)C)cc1N(c1ccccc1)c1ccc2c(-c3ccccc3)c3c(c(-c4ccccc4)c2c1)-c1c-3c(-c2ccccc2)c2ccc(N(c3ccccc3)c3ccccc3)cc2c1-c1ccccc1. The van der Waals surface area contributed by atoms with E-state index in [2.05, 4.69) is 304 Å². The molecular formula is C73H56N2. The summed E-state index contributed by atoms with van der Waals surface area (Å²) in [6.45, 7) is 9.15. The van der Waals surface area contributed by atoms with Crippen LogP contribution in [0.3, 0.4) is 0 Å². The molecule has 0 N–H and O–H groups in total. The van der Waals surface area contributed by atoms with Crippen LogP contribution < -0.4 is 9.80 Å². The summed E-state index contributed by atoms with van der Waals surface area (Å²) in [7, 11) is 0. The molecule has 12 aromatic rings. The molecule has 1 aliphatic carbocycles. The lowest BCUT2D eigenvalue weighted by Gasteiger charge is -2.38. The Labute approximate surface area is 441 Å². The van der Waals surface area contributed by atoms with E-state index in [1.807, 2.05) is 0 Å². The van der Waals surface area contributed by atoms with Gasteiger partial charge in [0, 0.05) is 34.1 Å². The standard InChI is InChI=1S/C73H56N2/c1-49-40-41-54(73(2,3)4)46-64(49)75(57-38-24-11-25-39-57)59-43-45-61-63(48-59)68(53-32-18-8-19-33-53)72-70(66(61)51-28-14-6-15-29-51)69-65(50-26-12-5-13-27-50)60-44-42-58(47-62(60)67(71(69)72)52-30-16-7-17-31-52)74(55-34-20-9-21-35-55)56-36-22-10-23-37-56/h5-48H,1-4H3. The molecule has 0 spiro atoms. The molecule has 1 aliphatic rings. The summed E-state index contributed by atoms with van der Waals surface area (Å²) in [4.78, 5) is 4.86. The molecule has 0 saturated carbocycles. The van der Waals surface area contributed by atoms with Crippen molar-refractivity contribution in [3.8, 4) is 66.8 Å². The van der Waals surface area contributed by atoms with Crippen LogP contribution in [0.25, 0.3) is 88.3 Å². The lowest BCUT2D eigenvalue weighted by molar-refractivity contribution is 0.590. The Morgan fingerprint density at radius 1 is 0.253 bits per heavy atom. The fourth-order valence-electron chi connectivity index (χ4n) is 11.7. The maximum Gasteiger partial charge on any atom is 0.0493 e. The second kappa shape index (κ2) is 18.7. The maximum absolute atomic E-state index is 2.48. The van der Waals surface area contributed by atoms with Gasteiger partial charge < -0.3 is 9.80 Å². The molecule has 0 bridgehead atoms. The quantitative estimate of drug-likeness (QED) is 0.135. The highest BCUT2D eigenvalue weighted by atomic mass is 15.1. The Morgan fingerprint density at radius 2 is 0.560 bits per heavy atom. The van der Waals surface area contributed by atoms with Gasteiger partial charge in [0.15, 0.2) is 0 Å². The van der Waals surface area contributed by atoms with Crippen molar-refractivity contribution in [2.24, 2.45) is 0 Å². The normalized spacial score (nSPS) is 11.7. The van der Waals surface area contributed by atoms with Gasteiger partial charge in [-0.25, -0.2) is 0 Å². The average Bonchev–Trinajstić information content (AvgIpc) is 3.46. The van der Waals surface area contributed by atoms with Crippen LogP contribution in [0.15, 0.2) is 267 Å². The zero-order chi connectivity index (χ0) is 50.6. The monoisotopic (exact) mass is 960 g/mol. The average molecular weight is 961 g/mol. The fourth-order valence-corrected chi connectivity index (χ4v) is 11.7. The first kappa shape index (κ1) is 45.6. The Hall–Kier alpha value is -9.24. The van der Waals surface area contributed by atoms with E-state index in [0.717, 1.165) is 28.4 Å². The van der Waals surface area contributed by atoms with Crippen LogP contribution in [0, 0.1) is 6.92 Å². The molecule has 0 heterocycles. The Bertz CT molecular complexity index is 4010. The fraction of sp³-hybridized carbons (Fsp3) is 0.0685. The molecule has 0 aromatic heterocycles. The van der Waals surface area contributed by atoms with Gasteiger partial charge in [0.2, 0.25) is 0 Å². The van der Waals surface area contributed by atoms with Crippen molar-refractivity contribution in [3.63, 3.8) is 0 Å². The molecule has 0 unspecified atom stereocenters. The van der Waals surface area contributed by atoms with E-state index in [-0.39, 0.29) is 5.41 Å². The summed E-state index contributed by atoms with van der Waals surface area (Å²) in [5.74, 6) is 0. The number of para-hydroxylation sites is 3. The summed E-state index contributed by atoms with van der Waals surface area (Å²) >= 11 is 0. The number of aryl methyl sites for hydroxylation is 1. The summed E-state index contributed by atoms with van der Waals surface area (Å²) in [6, 6.07) is 98.3. The number of anilines is 6. The number of fused-ring (bicyclic) bond motifs is 6. The van der Waals surface area contributed by atoms with E-state index in [1.54, 1.807) is 0 Å². The molecule has 0 fully saturated rings. The van der Waals surface area contributed by atoms with Gasteiger partial charge in [-0.05, 0) is 179 Å². The van der Waals surface area contributed by atoms with Crippen molar-refractivity contribution in [2.45, 2.75) is 33.1 Å². The van der Waals surface area contributed by atoms with E-state index in [4.69, 9.17) is 0 Å². The number of rotatable bonds is 10. The zero-order valence-corrected chi connectivity index (χ0v) is 42.8. The molecular weight excluding hydrogens is 905 g/mol. The minimum atomic E-state index is -0.0314. The molecule has 12 aromatic carbocycles. The summed E-state index contributed by atoms with van der Waals surface area (Å²) in [6.07, 6.45) is 0. The third-order valence-corrected chi connectivity index (χ3v) is 15.2. The van der Waals surface area contributed by atoms with E-state index in [1.165, 1.54) is 105 Å². The second-order valence-electron chi connectivity index (χ2n) is 20.9. The molecule has 0 amide bonds. The van der Waals surface area contributed by atoms with Crippen LogP contribution in [0.5, 0.6) is 0 Å². The first-order valence-electron chi connectivity index (χ1n) is 26.2. The van der Waals surface area contributed by atoms with E-state index in [0.29, 0.717) is 0 Å². The first-order valence-corrected chi connectivity index (χ1v) is 26.2. The molecule has 0 saturated heterocycles. The van der Waals surface area contributed by atoms with Gasteiger partial charge in [-0.2, -0.15) is 0 Å². The van der Waals surface area contributed by atoms with E-state index in [9.17, 15) is 0 Å². The van der Waals surface area contributed by atoms with Crippen LogP contribution in [0.1, 0.15) is 31.9 Å². The van der Waals surface area contributed by atoms with Gasteiger partial charge in [-0.15, -0.1) is 0 Å². The van der Waals surface area contributed by atoms with Gasteiger partial charge in [0.25, 0.3) is 0 Å². The van der Waals surface area contributed by atoms with Crippen molar-refractivity contribution < 1.29 is 0 Å². The highest BCUT2D eigenvalue weighted by Crippen LogP contribution is 2.66.